The molecule has 2 heterocycles. The summed E-state index contributed by atoms with van der Waals surface area (Å²) in [6.07, 6.45) is 0.963. The molecule has 0 bridgehead atoms. The average molecular weight is 311 g/mol. The van der Waals surface area contributed by atoms with Crippen molar-refractivity contribution in [2.24, 2.45) is 0 Å². The summed E-state index contributed by atoms with van der Waals surface area (Å²) < 4.78 is 15.7. The number of hydrogen-bond donors (Lipinski definition) is 2. The lowest BCUT2D eigenvalue weighted by atomic mass is 9.97. The van der Waals surface area contributed by atoms with Gasteiger partial charge in [-0.1, -0.05) is 30.3 Å². The van der Waals surface area contributed by atoms with Crippen LogP contribution in [0.3, 0.4) is 0 Å². The molecule has 1 unspecified atom stereocenters. The summed E-state index contributed by atoms with van der Waals surface area (Å²) in [6, 6.07) is 12.7. The van der Waals surface area contributed by atoms with Crippen molar-refractivity contribution in [1.82, 2.24) is 14.9 Å². The number of halogens is 1. The van der Waals surface area contributed by atoms with Gasteiger partial charge in [0.05, 0.1) is 17.6 Å². The van der Waals surface area contributed by atoms with Crippen molar-refractivity contribution in [2.75, 3.05) is 13.1 Å². The van der Waals surface area contributed by atoms with Crippen LogP contribution in [0.2, 0.25) is 0 Å². The first-order valence-corrected chi connectivity index (χ1v) is 7.89. The fourth-order valence-electron chi connectivity index (χ4n) is 3.41. The molecule has 1 aliphatic rings. The zero-order chi connectivity index (χ0) is 15.8. The molecule has 2 aromatic carbocycles. The van der Waals surface area contributed by atoms with Crippen LogP contribution >= 0.6 is 0 Å². The highest BCUT2D eigenvalue weighted by molar-refractivity contribution is 5.80. The molecule has 0 radical (unpaired) electrons. The van der Waals surface area contributed by atoms with E-state index in [9.17, 15) is 9.18 Å². The Labute approximate surface area is 133 Å². The molecule has 3 aromatic rings. The molecule has 0 amide bonds. The van der Waals surface area contributed by atoms with E-state index in [0.717, 1.165) is 36.2 Å². The quantitative estimate of drug-likeness (QED) is 0.781. The van der Waals surface area contributed by atoms with Gasteiger partial charge in [-0.3, -0.25) is 4.57 Å². The van der Waals surface area contributed by atoms with Gasteiger partial charge in [0.25, 0.3) is 0 Å². The highest BCUT2D eigenvalue weighted by atomic mass is 19.1. The van der Waals surface area contributed by atoms with Crippen LogP contribution < -0.4 is 11.0 Å². The lowest BCUT2D eigenvalue weighted by Crippen LogP contribution is -2.17. The van der Waals surface area contributed by atoms with Crippen molar-refractivity contribution in [2.45, 2.75) is 18.9 Å². The second-order valence-corrected chi connectivity index (χ2v) is 6.08. The van der Waals surface area contributed by atoms with Crippen LogP contribution in [-0.4, -0.2) is 22.6 Å². The minimum absolute atomic E-state index is 0.193. The van der Waals surface area contributed by atoms with Crippen LogP contribution in [0.5, 0.6) is 0 Å². The van der Waals surface area contributed by atoms with Crippen molar-refractivity contribution < 1.29 is 4.39 Å². The fourth-order valence-corrected chi connectivity index (χ4v) is 3.41. The summed E-state index contributed by atoms with van der Waals surface area (Å²) in [7, 11) is 0. The standard InChI is InChI=1S/C18H18FN3O/c19-14-8-15(13-6-7-20-10-13)17-16(9-14)22(18(23)21-17)11-12-4-2-1-3-5-12/h1-5,8-9,13,20H,6-7,10-11H2,(H,21,23). The second kappa shape index (κ2) is 5.66. The Hall–Kier alpha value is -2.40. The molecule has 5 heteroatoms. The number of nitrogens with one attached hydrogen (secondary N) is 2. The third kappa shape index (κ3) is 2.57. The highest BCUT2D eigenvalue weighted by Gasteiger charge is 2.22. The molecule has 1 aromatic heterocycles. The zero-order valence-electron chi connectivity index (χ0n) is 12.7. The van der Waals surface area contributed by atoms with Crippen molar-refractivity contribution in [3.05, 3.63) is 69.9 Å². The van der Waals surface area contributed by atoms with Crippen LogP contribution in [-0.2, 0) is 6.54 Å². The Morgan fingerprint density at radius 3 is 2.78 bits per heavy atom. The minimum atomic E-state index is -0.291. The SMILES string of the molecule is O=c1[nH]c2c(C3CCNC3)cc(F)cc2n1Cc1ccccc1. The second-order valence-electron chi connectivity index (χ2n) is 6.08. The largest absolute Gasteiger partial charge is 0.326 e. The summed E-state index contributed by atoms with van der Waals surface area (Å²) in [5.41, 5.74) is 3.13. The number of fused-ring (bicyclic) bond motifs is 1. The van der Waals surface area contributed by atoms with Crippen molar-refractivity contribution >= 4 is 11.0 Å². The van der Waals surface area contributed by atoms with Gasteiger partial charge in [0, 0.05) is 6.54 Å². The van der Waals surface area contributed by atoms with Gasteiger partial charge in [0.1, 0.15) is 5.82 Å². The molecule has 1 atom stereocenters. The molecule has 0 saturated carbocycles. The first kappa shape index (κ1) is 14.2. The lowest BCUT2D eigenvalue weighted by molar-refractivity contribution is 0.622. The summed E-state index contributed by atoms with van der Waals surface area (Å²) in [5.74, 6) is -0.0448. The average Bonchev–Trinajstić information content (AvgIpc) is 3.18. The van der Waals surface area contributed by atoms with E-state index < -0.39 is 0 Å². The molecule has 1 saturated heterocycles. The van der Waals surface area contributed by atoms with Crippen LogP contribution in [0, 0.1) is 5.82 Å². The number of rotatable bonds is 3. The first-order chi connectivity index (χ1) is 11.2. The number of H-pyrrole nitrogens is 1. The summed E-state index contributed by atoms with van der Waals surface area (Å²) in [5, 5.41) is 3.29. The van der Waals surface area contributed by atoms with Crippen LogP contribution in [0.25, 0.3) is 11.0 Å². The maximum absolute atomic E-state index is 14.1. The van der Waals surface area contributed by atoms with E-state index in [4.69, 9.17) is 0 Å². The molecule has 2 N–H and O–H groups in total. The molecule has 1 fully saturated rings. The molecular weight excluding hydrogens is 293 g/mol. The maximum atomic E-state index is 14.1. The molecule has 23 heavy (non-hydrogen) atoms. The van der Waals surface area contributed by atoms with Gasteiger partial charge in [0.15, 0.2) is 0 Å². The van der Waals surface area contributed by atoms with E-state index in [2.05, 4.69) is 10.3 Å². The molecule has 4 rings (SSSR count). The van der Waals surface area contributed by atoms with Crippen LogP contribution in [0.4, 0.5) is 4.39 Å². The van der Waals surface area contributed by atoms with Gasteiger partial charge in [-0.2, -0.15) is 0 Å². The van der Waals surface area contributed by atoms with E-state index in [1.807, 2.05) is 30.3 Å². The number of aromatic amines is 1. The van der Waals surface area contributed by atoms with Gasteiger partial charge in [-0.25, -0.2) is 9.18 Å². The van der Waals surface area contributed by atoms with Crippen LogP contribution in [0.1, 0.15) is 23.5 Å². The van der Waals surface area contributed by atoms with Crippen molar-refractivity contribution in [1.29, 1.82) is 0 Å². The third-order valence-corrected chi connectivity index (χ3v) is 4.56. The zero-order valence-corrected chi connectivity index (χ0v) is 12.7. The summed E-state index contributed by atoms with van der Waals surface area (Å²) in [4.78, 5) is 15.3. The van der Waals surface area contributed by atoms with E-state index in [0.29, 0.717) is 12.1 Å². The molecule has 0 aliphatic carbocycles. The Bertz CT molecular complexity index is 892. The van der Waals surface area contributed by atoms with E-state index in [-0.39, 0.29) is 17.4 Å². The Morgan fingerprint density at radius 1 is 1.22 bits per heavy atom. The first-order valence-electron chi connectivity index (χ1n) is 7.89. The topological polar surface area (TPSA) is 49.8 Å². The predicted octanol–water partition coefficient (Wildman–Crippen LogP) is 2.59. The predicted molar refractivity (Wildman–Crippen MR) is 88.3 cm³/mol. The number of aromatic nitrogens is 2. The Balaban J connectivity index is 1.85. The van der Waals surface area contributed by atoms with E-state index in [1.165, 1.54) is 6.07 Å². The fraction of sp³-hybridized carbons (Fsp3) is 0.278. The van der Waals surface area contributed by atoms with Crippen molar-refractivity contribution in [3.8, 4) is 0 Å². The minimum Gasteiger partial charge on any atom is -0.316 e. The molecule has 118 valence electrons. The molecule has 0 spiro atoms. The summed E-state index contributed by atoms with van der Waals surface area (Å²) in [6.45, 7) is 2.19. The Kier molecular flexibility index (Phi) is 3.50. The summed E-state index contributed by atoms with van der Waals surface area (Å²) >= 11 is 0. The monoisotopic (exact) mass is 311 g/mol. The van der Waals surface area contributed by atoms with Gasteiger partial charge >= 0.3 is 5.69 Å². The maximum Gasteiger partial charge on any atom is 0.326 e. The smallest absolute Gasteiger partial charge is 0.316 e. The van der Waals surface area contributed by atoms with Gasteiger partial charge in [-0.15, -0.1) is 0 Å². The number of hydrogen-bond acceptors (Lipinski definition) is 2. The number of nitrogens with zero attached hydrogens (tertiary/aromatic N) is 1. The number of benzene rings is 2. The molecular formula is C18H18FN3O. The molecule has 4 nitrogen and oxygen atoms in total. The highest BCUT2D eigenvalue weighted by Crippen LogP contribution is 2.29. The third-order valence-electron chi connectivity index (χ3n) is 4.56. The van der Waals surface area contributed by atoms with Crippen molar-refractivity contribution in [3.63, 3.8) is 0 Å². The van der Waals surface area contributed by atoms with Gasteiger partial charge in [-0.05, 0) is 42.1 Å². The Morgan fingerprint density at radius 2 is 2.04 bits per heavy atom. The lowest BCUT2D eigenvalue weighted by Gasteiger charge is -2.11. The van der Waals surface area contributed by atoms with E-state index >= 15 is 0 Å². The van der Waals surface area contributed by atoms with E-state index in [1.54, 1.807) is 10.6 Å². The molecule has 1 aliphatic heterocycles. The van der Waals surface area contributed by atoms with Gasteiger partial charge < -0.3 is 10.3 Å². The van der Waals surface area contributed by atoms with Crippen LogP contribution in [0.15, 0.2) is 47.3 Å². The normalized spacial score (nSPS) is 17.9. The number of imidazole rings is 1. The van der Waals surface area contributed by atoms with Gasteiger partial charge in [0.2, 0.25) is 0 Å².